The highest BCUT2D eigenvalue weighted by Crippen LogP contribution is 2.45. The van der Waals surface area contributed by atoms with E-state index < -0.39 is 47.6 Å². The molecular weight excluding hydrogens is 604 g/mol. The Hall–Kier alpha value is -5.47. The normalized spacial score (nSPS) is 21.5. The predicted molar refractivity (Wildman–Crippen MR) is 161 cm³/mol. The average molecular weight is 629 g/mol. The van der Waals surface area contributed by atoms with Crippen molar-refractivity contribution in [3.05, 3.63) is 104 Å². The molecule has 4 N–H and O–H groups in total. The second-order valence-electron chi connectivity index (χ2n) is 10.7. The third kappa shape index (κ3) is 5.06. The summed E-state index contributed by atoms with van der Waals surface area (Å²) in [6.45, 7) is 1.48. The molecule has 0 bridgehead atoms. The Morgan fingerprint density at radius 2 is 1.33 bits per heavy atom. The first kappa shape index (κ1) is 29.3. The van der Waals surface area contributed by atoms with Crippen molar-refractivity contribution in [3.8, 4) is 34.1 Å². The third-order valence-corrected chi connectivity index (χ3v) is 7.72. The number of aromatic hydroxyl groups is 1. The first-order chi connectivity index (χ1) is 22.1. The van der Waals surface area contributed by atoms with Gasteiger partial charge in [-0.1, -0.05) is 0 Å². The summed E-state index contributed by atoms with van der Waals surface area (Å²) >= 11 is 0. The largest absolute Gasteiger partial charge is 0.507 e. The van der Waals surface area contributed by atoms with E-state index in [-0.39, 0.29) is 56.3 Å². The molecule has 234 valence electrons. The summed E-state index contributed by atoms with van der Waals surface area (Å²) < 4.78 is 33.8. The van der Waals surface area contributed by atoms with Crippen molar-refractivity contribution in [3.63, 3.8) is 0 Å². The molecule has 0 spiro atoms. The maximum atomic E-state index is 13.3. The first-order valence-electron chi connectivity index (χ1n) is 14.0. The summed E-state index contributed by atoms with van der Waals surface area (Å²) in [6.07, 6.45) is -7.08. The number of hydrogen-bond acceptors (Lipinski definition) is 13. The maximum absolute atomic E-state index is 13.3. The van der Waals surface area contributed by atoms with Gasteiger partial charge in [-0.25, -0.2) is 14.4 Å². The van der Waals surface area contributed by atoms with Crippen LogP contribution in [0.15, 0.2) is 100 Å². The lowest BCUT2D eigenvalue weighted by Crippen LogP contribution is -2.58. The van der Waals surface area contributed by atoms with Crippen LogP contribution in [0.1, 0.15) is 6.92 Å². The Morgan fingerprint density at radius 1 is 0.652 bits per heavy atom. The van der Waals surface area contributed by atoms with Gasteiger partial charge in [-0.15, -0.1) is 0 Å². The quantitative estimate of drug-likeness (QED) is 0.203. The minimum absolute atomic E-state index is 0.0243. The number of aliphatic hydroxyl groups excluding tert-OH is 3. The van der Waals surface area contributed by atoms with E-state index >= 15 is 0 Å². The average Bonchev–Trinajstić information content (AvgIpc) is 3.03. The lowest BCUT2D eigenvalue weighted by atomic mass is 9.97. The maximum Gasteiger partial charge on any atom is 0.379 e. The van der Waals surface area contributed by atoms with Crippen LogP contribution in [0.5, 0.6) is 23.0 Å². The van der Waals surface area contributed by atoms with E-state index in [0.29, 0.717) is 10.8 Å². The molecule has 0 radical (unpaired) electrons. The molecule has 13 heteroatoms. The van der Waals surface area contributed by atoms with Crippen molar-refractivity contribution < 1.29 is 47.9 Å². The van der Waals surface area contributed by atoms with Crippen LogP contribution in [0.3, 0.4) is 0 Å². The van der Waals surface area contributed by atoms with E-state index in [4.69, 9.17) is 27.5 Å². The van der Waals surface area contributed by atoms with Crippen molar-refractivity contribution in [1.29, 1.82) is 0 Å². The lowest BCUT2D eigenvalue weighted by Gasteiger charge is -2.39. The Kier molecular flexibility index (Phi) is 7.09. The predicted octanol–water partition coefficient (Wildman–Crippen LogP) is 3.38. The number of phenols is 1. The van der Waals surface area contributed by atoms with Crippen LogP contribution in [0.4, 0.5) is 0 Å². The minimum atomic E-state index is -1.68. The molecular formula is C33H24O13. The summed E-state index contributed by atoms with van der Waals surface area (Å²) in [5.74, 6) is -0.494. The molecule has 3 aromatic heterocycles. The van der Waals surface area contributed by atoms with Crippen molar-refractivity contribution in [2.75, 3.05) is 0 Å². The fourth-order valence-electron chi connectivity index (χ4n) is 5.38. The van der Waals surface area contributed by atoms with Crippen LogP contribution in [0.2, 0.25) is 0 Å². The van der Waals surface area contributed by atoms with Crippen LogP contribution in [-0.2, 0) is 4.74 Å². The second-order valence-corrected chi connectivity index (χ2v) is 10.7. The zero-order chi connectivity index (χ0) is 32.3. The van der Waals surface area contributed by atoms with Gasteiger partial charge in [-0.2, -0.15) is 0 Å². The topological polar surface area (TPSA) is 199 Å². The van der Waals surface area contributed by atoms with Gasteiger partial charge in [0.1, 0.15) is 46.7 Å². The monoisotopic (exact) mass is 628 g/mol. The molecule has 1 aliphatic rings. The number of fused-ring (bicyclic) bond motifs is 3. The van der Waals surface area contributed by atoms with Gasteiger partial charge in [0.25, 0.3) is 0 Å². The smallest absolute Gasteiger partial charge is 0.379 e. The van der Waals surface area contributed by atoms with Crippen LogP contribution < -0.4 is 26.4 Å². The molecule has 0 aliphatic carbocycles. The number of ether oxygens (including phenoxy) is 3. The Morgan fingerprint density at radius 3 is 2.13 bits per heavy atom. The molecule has 6 aromatic rings. The number of rotatable bonds is 5. The molecule has 3 aromatic carbocycles. The van der Waals surface area contributed by atoms with Crippen molar-refractivity contribution >= 4 is 32.9 Å². The highest BCUT2D eigenvalue weighted by atomic mass is 16.7. The molecule has 7 rings (SSSR count). The number of benzene rings is 3. The van der Waals surface area contributed by atoms with E-state index in [1.807, 2.05) is 0 Å². The third-order valence-electron chi connectivity index (χ3n) is 7.72. The van der Waals surface area contributed by atoms with Gasteiger partial charge in [-0.05, 0) is 61.5 Å². The molecule has 1 fully saturated rings. The molecule has 46 heavy (non-hydrogen) atoms. The molecule has 5 atom stereocenters. The minimum Gasteiger partial charge on any atom is -0.507 e. The van der Waals surface area contributed by atoms with Crippen LogP contribution >= 0.6 is 0 Å². The molecule has 0 saturated carbocycles. The lowest BCUT2D eigenvalue weighted by molar-refractivity contribution is -0.268. The van der Waals surface area contributed by atoms with Gasteiger partial charge in [0.2, 0.25) is 12.0 Å². The molecule has 1 aliphatic heterocycles. The standard InChI is InChI=1S/C33H24O13/c1-14-27(37)28(38)29(39)33(41-14)44-20-9-4-16-6-11-24(36)45-30(16)26(20)25-19(34)8-3-17-12-22(32(40)46-31(17)25)42-18-7-2-15-5-10-23(35)43-21(15)13-18/h2-14,27-29,33-34,37-39H,1H3/t14-,27-,28+,29-,33-/m1/s1. The van der Waals surface area contributed by atoms with Gasteiger partial charge in [-0.3, -0.25) is 0 Å². The molecule has 1 saturated heterocycles. The molecule has 0 unspecified atom stereocenters. The number of aliphatic hydroxyl groups is 3. The van der Waals surface area contributed by atoms with Gasteiger partial charge in [0.15, 0.2) is 5.58 Å². The summed E-state index contributed by atoms with van der Waals surface area (Å²) in [4.78, 5) is 37.3. The van der Waals surface area contributed by atoms with Gasteiger partial charge >= 0.3 is 16.9 Å². The fourth-order valence-corrected chi connectivity index (χ4v) is 5.38. The number of hydrogen-bond donors (Lipinski definition) is 4. The Bertz CT molecular complexity index is 2320. The fraction of sp³-hybridized carbons (Fsp3) is 0.182. The van der Waals surface area contributed by atoms with E-state index in [0.717, 1.165) is 0 Å². The van der Waals surface area contributed by atoms with E-state index in [9.17, 15) is 34.8 Å². The zero-order valence-corrected chi connectivity index (χ0v) is 23.8. The molecule has 4 heterocycles. The Labute approximate surface area is 256 Å². The van der Waals surface area contributed by atoms with Gasteiger partial charge in [0.05, 0.1) is 17.2 Å². The van der Waals surface area contributed by atoms with E-state index in [1.165, 1.54) is 55.5 Å². The van der Waals surface area contributed by atoms with Crippen LogP contribution in [0.25, 0.3) is 44.0 Å². The SMILES string of the molecule is C[C@H]1O[C@H](Oc2ccc3ccc(=O)oc3c2-c2c(O)ccc3cc(Oc4ccc5ccc(=O)oc5c4)c(=O)oc23)[C@H](O)[C@@H](O)[C@@H]1O. The Balaban J connectivity index is 1.37. The summed E-state index contributed by atoms with van der Waals surface area (Å²) in [5.41, 5.74) is -2.26. The first-order valence-corrected chi connectivity index (χ1v) is 14.0. The zero-order valence-electron chi connectivity index (χ0n) is 23.8. The van der Waals surface area contributed by atoms with E-state index in [2.05, 4.69) is 0 Å². The highest BCUT2D eigenvalue weighted by Gasteiger charge is 2.43. The summed E-state index contributed by atoms with van der Waals surface area (Å²) in [5, 5.41) is 43.6. The highest BCUT2D eigenvalue weighted by molar-refractivity contribution is 6.05. The van der Waals surface area contributed by atoms with E-state index in [1.54, 1.807) is 24.3 Å². The number of phenolic OH excluding ortho intramolecular Hbond substituents is 1. The van der Waals surface area contributed by atoms with Crippen molar-refractivity contribution in [2.24, 2.45) is 0 Å². The second kappa shape index (κ2) is 11.2. The van der Waals surface area contributed by atoms with Crippen LogP contribution in [0, 0.1) is 0 Å². The van der Waals surface area contributed by atoms with Crippen LogP contribution in [-0.4, -0.2) is 51.1 Å². The van der Waals surface area contributed by atoms with Crippen molar-refractivity contribution in [1.82, 2.24) is 0 Å². The van der Waals surface area contributed by atoms with Crippen molar-refractivity contribution in [2.45, 2.75) is 37.6 Å². The molecule has 0 amide bonds. The summed E-state index contributed by atoms with van der Waals surface area (Å²) in [6, 6.07) is 17.4. The summed E-state index contributed by atoms with van der Waals surface area (Å²) in [7, 11) is 0. The molecule has 13 nitrogen and oxygen atoms in total. The van der Waals surface area contributed by atoms with Gasteiger partial charge < -0.3 is 47.9 Å². The van der Waals surface area contributed by atoms with Gasteiger partial charge in [0, 0.05) is 34.4 Å².